The Kier molecular flexibility index (Phi) is 5.05. The van der Waals surface area contributed by atoms with Gasteiger partial charge in [-0.15, -0.1) is 0 Å². The van der Waals surface area contributed by atoms with E-state index < -0.39 is 0 Å². The van der Waals surface area contributed by atoms with E-state index in [1.165, 1.54) is 35.7 Å². The molecule has 1 saturated carbocycles. The van der Waals surface area contributed by atoms with Gasteiger partial charge >= 0.3 is 0 Å². The maximum Gasteiger partial charge on any atom is 0.0178 e. The van der Waals surface area contributed by atoms with Crippen LogP contribution in [0.5, 0.6) is 0 Å². The number of rotatable bonds is 6. The van der Waals surface area contributed by atoms with Crippen LogP contribution in [0.2, 0.25) is 0 Å². The maximum atomic E-state index is 3.63. The third-order valence-electron chi connectivity index (χ3n) is 3.71. The molecule has 0 aliphatic heterocycles. The van der Waals surface area contributed by atoms with Crippen LogP contribution in [0.4, 0.5) is 0 Å². The molecular formula is C15H22BrN. The summed E-state index contributed by atoms with van der Waals surface area (Å²) in [6, 6.07) is 9.35. The summed E-state index contributed by atoms with van der Waals surface area (Å²) >= 11 is 3.55. The first-order valence-corrected chi connectivity index (χ1v) is 7.55. The second kappa shape index (κ2) is 6.55. The number of hydrogen-bond donors (Lipinski definition) is 1. The number of nitrogens with one attached hydrogen (secondary N) is 1. The van der Waals surface area contributed by atoms with Crippen LogP contribution in [0.3, 0.4) is 0 Å². The summed E-state index contributed by atoms with van der Waals surface area (Å²) < 4.78 is 1.19. The third kappa shape index (κ3) is 4.11. The predicted octanol–water partition coefficient (Wildman–Crippen LogP) is 4.16. The number of halogens is 1. The lowest BCUT2D eigenvalue weighted by Gasteiger charge is -2.30. The van der Waals surface area contributed by atoms with E-state index in [-0.39, 0.29) is 0 Å². The van der Waals surface area contributed by atoms with E-state index in [2.05, 4.69) is 52.4 Å². The normalized spacial score (nSPS) is 17.8. The molecule has 1 N–H and O–H groups in total. The maximum absolute atomic E-state index is 3.63. The smallest absolute Gasteiger partial charge is 0.0178 e. The highest BCUT2D eigenvalue weighted by Crippen LogP contribution is 2.31. The molecule has 1 aliphatic rings. The average molecular weight is 296 g/mol. The lowest BCUT2D eigenvalue weighted by atomic mass is 9.80. The van der Waals surface area contributed by atoms with Crippen LogP contribution < -0.4 is 5.32 Å². The summed E-state index contributed by atoms with van der Waals surface area (Å²) in [5.74, 6) is 0.978. The minimum absolute atomic E-state index is 0.652. The molecule has 1 atom stereocenters. The molecule has 1 aromatic rings. The highest BCUT2D eigenvalue weighted by molar-refractivity contribution is 9.10. The van der Waals surface area contributed by atoms with Gasteiger partial charge in [-0.25, -0.2) is 0 Å². The van der Waals surface area contributed by atoms with Crippen molar-refractivity contribution in [3.05, 3.63) is 34.3 Å². The van der Waals surface area contributed by atoms with Crippen molar-refractivity contribution in [2.45, 2.75) is 45.1 Å². The summed E-state index contributed by atoms with van der Waals surface area (Å²) in [6.07, 6.45) is 6.84. The van der Waals surface area contributed by atoms with Crippen molar-refractivity contribution in [1.29, 1.82) is 0 Å². The molecular weight excluding hydrogens is 274 g/mol. The van der Waals surface area contributed by atoms with E-state index in [1.807, 2.05) is 0 Å². The van der Waals surface area contributed by atoms with E-state index in [4.69, 9.17) is 0 Å². The first kappa shape index (κ1) is 13.1. The van der Waals surface area contributed by atoms with Crippen molar-refractivity contribution in [2.24, 2.45) is 5.92 Å². The van der Waals surface area contributed by atoms with E-state index in [9.17, 15) is 0 Å². The minimum atomic E-state index is 0.652. The lowest BCUT2D eigenvalue weighted by Crippen LogP contribution is -2.34. The van der Waals surface area contributed by atoms with Crippen molar-refractivity contribution >= 4 is 15.9 Å². The van der Waals surface area contributed by atoms with Crippen LogP contribution in [-0.4, -0.2) is 12.6 Å². The molecule has 1 fully saturated rings. The zero-order valence-electron chi connectivity index (χ0n) is 10.6. The lowest BCUT2D eigenvalue weighted by molar-refractivity contribution is 0.260. The quantitative estimate of drug-likeness (QED) is 0.831. The molecule has 0 bridgehead atoms. The van der Waals surface area contributed by atoms with Gasteiger partial charge in [-0.2, -0.15) is 0 Å². The monoisotopic (exact) mass is 295 g/mol. The Balaban J connectivity index is 1.91. The summed E-state index contributed by atoms with van der Waals surface area (Å²) in [7, 11) is 0. The van der Waals surface area contributed by atoms with Crippen LogP contribution in [-0.2, 0) is 6.42 Å². The molecule has 1 aromatic carbocycles. The molecule has 0 spiro atoms. The van der Waals surface area contributed by atoms with Crippen LogP contribution >= 0.6 is 15.9 Å². The Labute approximate surface area is 113 Å². The van der Waals surface area contributed by atoms with Crippen molar-refractivity contribution in [3.8, 4) is 0 Å². The molecule has 0 amide bonds. The molecule has 0 aromatic heterocycles. The van der Waals surface area contributed by atoms with Crippen LogP contribution in [0.15, 0.2) is 28.7 Å². The van der Waals surface area contributed by atoms with Gasteiger partial charge in [0.15, 0.2) is 0 Å². The second-order valence-corrected chi connectivity index (χ2v) is 6.04. The van der Waals surface area contributed by atoms with Gasteiger partial charge < -0.3 is 5.32 Å². The van der Waals surface area contributed by atoms with Gasteiger partial charge in [-0.1, -0.05) is 54.2 Å². The fraction of sp³-hybridized carbons (Fsp3) is 0.600. The van der Waals surface area contributed by atoms with Crippen LogP contribution in [0.25, 0.3) is 0 Å². The fourth-order valence-corrected chi connectivity index (χ4v) is 3.05. The van der Waals surface area contributed by atoms with Crippen molar-refractivity contribution < 1.29 is 0 Å². The molecule has 17 heavy (non-hydrogen) atoms. The van der Waals surface area contributed by atoms with Gasteiger partial charge in [0.25, 0.3) is 0 Å². The molecule has 0 saturated heterocycles. The number of likely N-dealkylation sites (N-methyl/N-ethyl adjacent to an activating group) is 1. The zero-order chi connectivity index (χ0) is 12.1. The predicted molar refractivity (Wildman–Crippen MR) is 77.3 cm³/mol. The van der Waals surface area contributed by atoms with Gasteiger partial charge in [0.1, 0.15) is 0 Å². The van der Waals surface area contributed by atoms with Crippen molar-refractivity contribution in [3.63, 3.8) is 0 Å². The Morgan fingerprint density at radius 2 is 2.24 bits per heavy atom. The first-order valence-electron chi connectivity index (χ1n) is 6.75. The molecule has 0 radical (unpaired) electrons. The molecule has 94 valence electrons. The largest absolute Gasteiger partial charge is 0.314 e. The van der Waals surface area contributed by atoms with E-state index in [1.54, 1.807) is 0 Å². The SMILES string of the molecule is CCNC(Cc1cccc(Br)c1)CC1CCC1. The summed E-state index contributed by atoms with van der Waals surface area (Å²) in [6.45, 7) is 3.28. The number of hydrogen-bond acceptors (Lipinski definition) is 1. The standard InChI is InChI=1S/C15H22BrN/c1-2-17-15(10-12-5-3-6-12)11-13-7-4-8-14(16)9-13/h4,7-9,12,15,17H,2-3,5-6,10-11H2,1H3. The highest BCUT2D eigenvalue weighted by atomic mass is 79.9. The molecule has 2 heteroatoms. The van der Waals surface area contributed by atoms with E-state index >= 15 is 0 Å². The zero-order valence-corrected chi connectivity index (χ0v) is 12.2. The molecule has 1 unspecified atom stereocenters. The number of benzene rings is 1. The van der Waals surface area contributed by atoms with Gasteiger partial charge in [-0.05, 0) is 43.0 Å². The Bertz CT molecular complexity index is 347. The Morgan fingerprint density at radius 1 is 1.41 bits per heavy atom. The van der Waals surface area contributed by atoms with Crippen LogP contribution in [0, 0.1) is 5.92 Å². The summed E-state index contributed by atoms with van der Waals surface area (Å²) in [5, 5.41) is 3.63. The third-order valence-corrected chi connectivity index (χ3v) is 4.20. The second-order valence-electron chi connectivity index (χ2n) is 5.12. The van der Waals surface area contributed by atoms with E-state index in [0.29, 0.717) is 6.04 Å². The summed E-state index contributed by atoms with van der Waals surface area (Å²) in [5.41, 5.74) is 1.43. The molecule has 1 aliphatic carbocycles. The van der Waals surface area contributed by atoms with E-state index in [0.717, 1.165) is 18.9 Å². The average Bonchev–Trinajstić information content (AvgIpc) is 2.23. The molecule has 0 heterocycles. The van der Waals surface area contributed by atoms with Crippen molar-refractivity contribution in [1.82, 2.24) is 5.32 Å². The van der Waals surface area contributed by atoms with Crippen molar-refractivity contribution in [2.75, 3.05) is 6.54 Å². The fourth-order valence-electron chi connectivity index (χ4n) is 2.61. The van der Waals surface area contributed by atoms with Gasteiger partial charge in [0.2, 0.25) is 0 Å². The van der Waals surface area contributed by atoms with Gasteiger partial charge in [-0.3, -0.25) is 0 Å². The Morgan fingerprint density at radius 3 is 2.82 bits per heavy atom. The highest BCUT2D eigenvalue weighted by Gasteiger charge is 2.21. The first-order chi connectivity index (χ1) is 8.28. The molecule has 1 nitrogen and oxygen atoms in total. The van der Waals surface area contributed by atoms with Gasteiger partial charge in [0.05, 0.1) is 0 Å². The minimum Gasteiger partial charge on any atom is -0.314 e. The van der Waals surface area contributed by atoms with Crippen LogP contribution in [0.1, 0.15) is 38.2 Å². The topological polar surface area (TPSA) is 12.0 Å². The Hall–Kier alpha value is -0.340. The summed E-state index contributed by atoms with van der Waals surface area (Å²) in [4.78, 5) is 0. The van der Waals surface area contributed by atoms with Gasteiger partial charge in [0, 0.05) is 10.5 Å². The molecule has 2 rings (SSSR count).